The number of aromatic amines is 2. The van der Waals surface area contributed by atoms with Gasteiger partial charge in [0.25, 0.3) is 5.69 Å². The maximum Gasteiger partial charge on any atom is 0.411 e. The molecule has 2 N–H and O–H groups in total. The number of H-pyrrole nitrogens is 2. The van der Waals surface area contributed by atoms with Gasteiger partial charge in [0.15, 0.2) is 0 Å². The first kappa shape index (κ1) is 16.6. The summed E-state index contributed by atoms with van der Waals surface area (Å²) < 4.78 is 10.2. The van der Waals surface area contributed by atoms with Gasteiger partial charge in [0.2, 0.25) is 5.69 Å². The van der Waals surface area contributed by atoms with Crippen molar-refractivity contribution >= 4 is 16.9 Å². The summed E-state index contributed by atoms with van der Waals surface area (Å²) in [6.07, 6.45) is 1.83. The fraction of sp³-hybridized carbons (Fsp3) is 0.235. The van der Waals surface area contributed by atoms with Gasteiger partial charge < -0.3 is 24.6 Å². The molecule has 130 valence electrons. The largest absolute Gasteiger partial charge is 0.616 e. The van der Waals surface area contributed by atoms with Crippen molar-refractivity contribution in [3.05, 3.63) is 63.0 Å². The second-order valence-corrected chi connectivity index (χ2v) is 5.34. The Morgan fingerprint density at radius 1 is 1.32 bits per heavy atom. The van der Waals surface area contributed by atoms with Gasteiger partial charge in [-0.15, -0.1) is 4.73 Å². The topological polar surface area (TPSA) is 111 Å². The number of methoxy groups -OCH3 is 1. The van der Waals surface area contributed by atoms with Crippen LogP contribution in [0.5, 0.6) is 5.88 Å². The van der Waals surface area contributed by atoms with Crippen LogP contribution in [-0.2, 0) is 11.2 Å². The van der Waals surface area contributed by atoms with Crippen LogP contribution in [0.3, 0.4) is 0 Å². The molecular weight excluding hydrogens is 326 g/mol. The second kappa shape index (κ2) is 6.68. The summed E-state index contributed by atoms with van der Waals surface area (Å²) >= 11 is 0. The van der Waals surface area contributed by atoms with Crippen LogP contribution >= 0.6 is 0 Å². The Labute approximate surface area is 142 Å². The van der Waals surface area contributed by atoms with Gasteiger partial charge in [0.1, 0.15) is 0 Å². The zero-order chi connectivity index (χ0) is 18.0. The maximum atomic E-state index is 12.6. The van der Waals surface area contributed by atoms with Crippen molar-refractivity contribution in [2.75, 3.05) is 13.7 Å². The molecule has 0 aliphatic carbocycles. The first-order valence-electron chi connectivity index (χ1n) is 7.71. The molecular formula is C17H17N3O5. The number of carbonyl (C=O) groups excluding carboxylic acids is 1. The quantitative estimate of drug-likeness (QED) is 0.412. The van der Waals surface area contributed by atoms with E-state index in [4.69, 9.17) is 9.47 Å². The Morgan fingerprint density at radius 2 is 2.08 bits per heavy atom. The second-order valence-electron chi connectivity index (χ2n) is 5.34. The number of esters is 1. The number of hydrogen-bond donors (Lipinski definition) is 2. The first-order chi connectivity index (χ1) is 12.1. The molecule has 0 aliphatic rings. The van der Waals surface area contributed by atoms with Crippen molar-refractivity contribution in [3.63, 3.8) is 0 Å². The van der Waals surface area contributed by atoms with Gasteiger partial charge >= 0.3 is 17.4 Å². The van der Waals surface area contributed by atoms with Gasteiger partial charge in [-0.2, -0.15) is 0 Å². The number of carbonyl (C=O) groups is 1. The third-order valence-electron chi connectivity index (χ3n) is 3.85. The highest BCUT2D eigenvalue weighted by Crippen LogP contribution is 2.20. The monoisotopic (exact) mass is 343 g/mol. The van der Waals surface area contributed by atoms with Crippen LogP contribution in [0, 0.1) is 5.21 Å². The van der Waals surface area contributed by atoms with Crippen LogP contribution in [-0.4, -0.2) is 29.7 Å². The molecule has 0 amide bonds. The van der Waals surface area contributed by atoms with E-state index in [0.717, 1.165) is 16.5 Å². The highest BCUT2D eigenvalue weighted by Gasteiger charge is 2.28. The zero-order valence-electron chi connectivity index (χ0n) is 13.8. The normalized spacial score (nSPS) is 10.8. The molecule has 1 aromatic carbocycles. The summed E-state index contributed by atoms with van der Waals surface area (Å²) in [5, 5.41) is 13.5. The Morgan fingerprint density at radius 3 is 2.80 bits per heavy atom. The molecule has 3 rings (SSSR count). The van der Waals surface area contributed by atoms with E-state index in [1.807, 2.05) is 24.3 Å². The Hall–Kier alpha value is -3.29. The van der Waals surface area contributed by atoms with E-state index in [0.29, 0.717) is 4.73 Å². The van der Waals surface area contributed by atoms with Crippen LogP contribution in [0.4, 0.5) is 0 Å². The molecule has 0 spiro atoms. The van der Waals surface area contributed by atoms with E-state index in [1.54, 1.807) is 13.1 Å². The smallest absolute Gasteiger partial charge is 0.411 e. The van der Waals surface area contributed by atoms with Crippen LogP contribution in [0.25, 0.3) is 10.9 Å². The standard InChI is InChI=1S/C17H17N3O5/c1-3-25-17(22)14-16(24-2)20(23)13(15(21)19-14)8-10-9-18-12-7-5-4-6-11(10)12/h4-7,9,18H,3,8H2,1-2H3,(H,19,21). The molecule has 0 atom stereocenters. The number of rotatable bonds is 5. The van der Waals surface area contributed by atoms with Crippen LogP contribution < -0.4 is 15.0 Å². The summed E-state index contributed by atoms with van der Waals surface area (Å²) in [7, 11) is 1.25. The lowest BCUT2D eigenvalue weighted by Gasteiger charge is -2.10. The van der Waals surface area contributed by atoms with E-state index in [-0.39, 0.29) is 30.3 Å². The maximum absolute atomic E-state index is 12.6. The molecule has 0 unspecified atom stereocenters. The molecule has 0 fully saturated rings. The lowest BCUT2D eigenvalue weighted by atomic mass is 10.1. The number of fused-ring (bicyclic) bond motifs is 1. The molecule has 3 aromatic rings. The highest BCUT2D eigenvalue weighted by atomic mass is 16.6. The van der Waals surface area contributed by atoms with Crippen molar-refractivity contribution in [2.24, 2.45) is 0 Å². The van der Waals surface area contributed by atoms with E-state index in [1.165, 1.54) is 7.11 Å². The zero-order valence-corrected chi connectivity index (χ0v) is 13.8. The molecule has 0 saturated carbocycles. The summed E-state index contributed by atoms with van der Waals surface area (Å²) in [5.74, 6) is -1.12. The fourth-order valence-corrected chi connectivity index (χ4v) is 2.69. The number of nitrogens with zero attached hydrogens (tertiary/aromatic N) is 1. The predicted octanol–water partition coefficient (Wildman–Crippen LogP) is 1.27. The number of ether oxygens (including phenoxy) is 2. The van der Waals surface area contributed by atoms with E-state index >= 15 is 0 Å². The van der Waals surface area contributed by atoms with Crippen LogP contribution in [0.15, 0.2) is 35.3 Å². The third-order valence-corrected chi connectivity index (χ3v) is 3.85. The molecule has 8 nitrogen and oxygen atoms in total. The van der Waals surface area contributed by atoms with Crippen LogP contribution in [0.2, 0.25) is 0 Å². The summed E-state index contributed by atoms with van der Waals surface area (Å²) in [6.45, 7) is 1.74. The van der Waals surface area contributed by atoms with E-state index < -0.39 is 11.5 Å². The molecule has 8 heteroatoms. The lowest BCUT2D eigenvalue weighted by molar-refractivity contribution is -0.621. The first-order valence-corrected chi connectivity index (χ1v) is 7.71. The number of nitrogens with one attached hydrogen (secondary N) is 2. The molecule has 2 aromatic heterocycles. The average Bonchev–Trinajstić information content (AvgIpc) is 3.01. The number of hydrogen-bond acceptors (Lipinski definition) is 5. The van der Waals surface area contributed by atoms with Gasteiger partial charge in [-0.05, 0) is 18.6 Å². The molecule has 25 heavy (non-hydrogen) atoms. The SMILES string of the molecule is CCOC(=O)c1[nH]c(=O)c(Cc2c[nH]c3ccccc23)[n+]([O-])c1OC. The Kier molecular flexibility index (Phi) is 4.42. The average molecular weight is 343 g/mol. The third kappa shape index (κ3) is 2.93. The lowest BCUT2D eigenvalue weighted by Crippen LogP contribution is -2.43. The number of aromatic nitrogens is 3. The highest BCUT2D eigenvalue weighted by molar-refractivity contribution is 5.89. The van der Waals surface area contributed by atoms with Gasteiger partial charge in [-0.1, -0.05) is 18.2 Å². The molecule has 0 radical (unpaired) electrons. The number of benzene rings is 1. The van der Waals surface area contributed by atoms with Crippen molar-refractivity contribution in [3.8, 4) is 5.88 Å². The molecule has 0 bridgehead atoms. The van der Waals surface area contributed by atoms with Gasteiger partial charge in [-0.3, -0.25) is 4.79 Å². The number of para-hydroxylation sites is 1. The summed E-state index contributed by atoms with van der Waals surface area (Å²) in [6, 6.07) is 7.56. The van der Waals surface area contributed by atoms with Gasteiger partial charge in [0.05, 0.1) is 20.1 Å². The minimum atomic E-state index is -0.820. The van der Waals surface area contributed by atoms with Gasteiger partial charge in [-0.25, -0.2) is 4.79 Å². The molecule has 0 aliphatic heterocycles. The van der Waals surface area contributed by atoms with E-state index in [9.17, 15) is 14.8 Å². The van der Waals surface area contributed by atoms with Gasteiger partial charge in [0, 0.05) is 17.1 Å². The Bertz CT molecular complexity index is 990. The van der Waals surface area contributed by atoms with Crippen LogP contribution in [0.1, 0.15) is 28.7 Å². The van der Waals surface area contributed by atoms with Crippen molar-refractivity contribution in [1.82, 2.24) is 9.97 Å². The summed E-state index contributed by atoms with van der Waals surface area (Å²) in [5.41, 5.74) is 0.656. The molecule has 2 heterocycles. The summed E-state index contributed by atoms with van der Waals surface area (Å²) in [4.78, 5) is 29.7. The van der Waals surface area contributed by atoms with E-state index in [2.05, 4.69) is 9.97 Å². The minimum absolute atomic E-state index is 0.0744. The predicted molar refractivity (Wildman–Crippen MR) is 89.6 cm³/mol. The van der Waals surface area contributed by atoms with Crippen molar-refractivity contribution in [2.45, 2.75) is 13.3 Å². The van der Waals surface area contributed by atoms with Crippen molar-refractivity contribution < 1.29 is 19.0 Å². The minimum Gasteiger partial charge on any atom is -0.616 e. The van der Waals surface area contributed by atoms with Crippen molar-refractivity contribution in [1.29, 1.82) is 0 Å². The fourth-order valence-electron chi connectivity index (χ4n) is 2.69. The molecule has 0 saturated heterocycles. The Balaban J connectivity index is 2.08.